The minimum atomic E-state index is -0.409. The largest absolute Gasteiger partial charge is 0.393 e. The second-order valence-corrected chi connectivity index (χ2v) is 9.30. The van der Waals surface area contributed by atoms with Gasteiger partial charge in [0.05, 0.1) is 6.10 Å². The van der Waals surface area contributed by atoms with Crippen molar-refractivity contribution < 1.29 is 9.90 Å². The Bertz CT molecular complexity index is 326. The molecule has 0 aromatic carbocycles. The molecule has 0 aliphatic rings. The number of carbonyl (C=O) groups excluding carboxylic acids is 1. The average molecular weight is 411 g/mol. The fourth-order valence-corrected chi connectivity index (χ4v) is 4.20. The van der Waals surface area contributed by atoms with Crippen LogP contribution >= 0.6 is 0 Å². The van der Waals surface area contributed by atoms with Gasteiger partial charge in [-0.3, -0.25) is 4.79 Å². The molecule has 0 saturated heterocycles. The average Bonchev–Trinajstić information content (AvgIpc) is 2.70. The summed E-state index contributed by atoms with van der Waals surface area (Å²) in [5.74, 6) is 0.248. The van der Waals surface area contributed by atoms with Crippen molar-refractivity contribution in [2.24, 2.45) is 0 Å². The van der Waals surface area contributed by atoms with Gasteiger partial charge in [-0.2, -0.15) is 0 Å². The van der Waals surface area contributed by atoms with Crippen LogP contribution < -0.4 is 0 Å². The van der Waals surface area contributed by atoms with Crippen LogP contribution in [0.5, 0.6) is 0 Å². The highest BCUT2D eigenvalue weighted by atomic mass is 16.3. The van der Waals surface area contributed by atoms with Crippen molar-refractivity contribution in [1.29, 1.82) is 0 Å². The third-order valence-corrected chi connectivity index (χ3v) is 6.14. The minimum Gasteiger partial charge on any atom is -0.393 e. The van der Waals surface area contributed by atoms with Crippen LogP contribution in [-0.2, 0) is 4.79 Å². The Morgan fingerprint density at radius 1 is 0.552 bits per heavy atom. The van der Waals surface area contributed by atoms with E-state index in [4.69, 9.17) is 0 Å². The number of hydrogen-bond donors (Lipinski definition) is 1. The molecule has 29 heavy (non-hydrogen) atoms. The van der Waals surface area contributed by atoms with Crippen LogP contribution in [0.3, 0.4) is 0 Å². The molecule has 0 aliphatic carbocycles. The Labute approximate surface area is 183 Å². The van der Waals surface area contributed by atoms with Crippen LogP contribution in [0.1, 0.15) is 162 Å². The molecule has 0 fully saturated rings. The molecule has 2 nitrogen and oxygen atoms in total. The predicted octanol–water partition coefficient (Wildman–Crippen LogP) is 8.93. The van der Waals surface area contributed by atoms with Gasteiger partial charge in [-0.25, -0.2) is 0 Å². The van der Waals surface area contributed by atoms with Gasteiger partial charge in [0.25, 0.3) is 0 Å². The number of aliphatic hydroxyl groups excluding tert-OH is 1. The summed E-state index contributed by atoms with van der Waals surface area (Å²) in [4.78, 5) is 11.8. The van der Waals surface area contributed by atoms with Gasteiger partial charge in [0.15, 0.2) is 0 Å². The lowest BCUT2D eigenvalue weighted by molar-refractivity contribution is -0.121. The summed E-state index contributed by atoms with van der Waals surface area (Å²) in [6, 6.07) is 0. The molecule has 0 radical (unpaired) electrons. The van der Waals surface area contributed by atoms with Gasteiger partial charge in [-0.05, 0) is 12.8 Å². The SMILES string of the molecule is CCCCCCCCCCCCCCCCCCCCCC(=O)CC(O)CCC. The number of aliphatic hydroxyl groups is 1. The molecule has 0 bridgehead atoms. The molecular formula is C27H54O2. The van der Waals surface area contributed by atoms with E-state index in [1.807, 2.05) is 6.92 Å². The van der Waals surface area contributed by atoms with Crippen molar-refractivity contribution in [3.63, 3.8) is 0 Å². The van der Waals surface area contributed by atoms with E-state index >= 15 is 0 Å². The monoisotopic (exact) mass is 410 g/mol. The third kappa shape index (κ3) is 23.8. The topological polar surface area (TPSA) is 37.3 Å². The quantitative estimate of drug-likeness (QED) is 0.161. The normalized spacial score (nSPS) is 12.4. The smallest absolute Gasteiger partial charge is 0.135 e. The van der Waals surface area contributed by atoms with Crippen molar-refractivity contribution in [3.8, 4) is 0 Å². The molecule has 0 aliphatic heterocycles. The number of unbranched alkanes of at least 4 members (excludes halogenated alkanes) is 18. The molecule has 0 aromatic heterocycles. The van der Waals surface area contributed by atoms with E-state index < -0.39 is 6.10 Å². The number of Topliss-reactive ketones (excluding diaryl/α,β-unsaturated/α-hetero) is 1. The van der Waals surface area contributed by atoms with Crippen molar-refractivity contribution >= 4 is 5.78 Å². The maximum Gasteiger partial charge on any atom is 0.135 e. The molecule has 0 rings (SSSR count). The Morgan fingerprint density at radius 2 is 0.897 bits per heavy atom. The molecule has 1 unspecified atom stereocenters. The number of hydrogen-bond acceptors (Lipinski definition) is 2. The Morgan fingerprint density at radius 3 is 1.24 bits per heavy atom. The fourth-order valence-electron chi connectivity index (χ4n) is 4.20. The molecule has 0 amide bonds. The van der Waals surface area contributed by atoms with Gasteiger partial charge in [0.1, 0.15) is 5.78 Å². The lowest BCUT2D eigenvalue weighted by atomic mass is 10.0. The lowest BCUT2D eigenvalue weighted by Gasteiger charge is -2.07. The summed E-state index contributed by atoms with van der Waals surface area (Å²) < 4.78 is 0. The highest BCUT2D eigenvalue weighted by Gasteiger charge is 2.09. The molecular weight excluding hydrogens is 356 g/mol. The van der Waals surface area contributed by atoms with Gasteiger partial charge >= 0.3 is 0 Å². The second kappa shape index (κ2) is 23.9. The molecule has 0 aromatic rings. The zero-order chi connectivity index (χ0) is 21.4. The summed E-state index contributed by atoms with van der Waals surface area (Å²) in [7, 11) is 0. The van der Waals surface area contributed by atoms with Gasteiger partial charge in [0, 0.05) is 12.8 Å². The third-order valence-electron chi connectivity index (χ3n) is 6.14. The zero-order valence-corrected chi connectivity index (χ0v) is 20.2. The molecule has 0 saturated carbocycles. The molecule has 1 N–H and O–H groups in total. The Kier molecular flexibility index (Phi) is 23.6. The van der Waals surface area contributed by atoms with Crippen molar-refractivity contribution in [2.75, 3.05) is 0 Å². The first-order valence-corrected chi connectivity index (χ1v) is 13.4. The standard InChI is InChI=1S/C27H54O2/c1-3-5-6-7-8-9-10-11-12-13-14-15-16-17-18-19-20-21-22-24-27(29)25-26(28)23-4-2/h26,28H,3-25H2,1-2H3. The van der Waals surface area contributed by atoms with Crippen molar-refractivity contribution in [1.82, 2.24) is 0 Å². The fraction of sp³-hybridized carbons (Fsp3) is 0.963. The van der Waals surface area contributed by atoms with Gasteiger partial charge in [-0.15, -0.1) is 0 Å². The lowest BCUT2D eigenvalue weighted by Crippen LogP contribution is -2.12. The maximum atomic E-state index is 11.8. The highest BCUT2D eigenvalue weighted by Crippen LogP contribution is 2.15. The van der Waals surface area contributed by atoms with E-state index in [1.165, 1.54) is 116 Å². The summed E-state index contributed by atoms with van der Waals surface area (Å²) in [5.41, 5.74) is 0. The van der Waals surface area contributed by atoms with E-state index in [-0.39, 0.29) is 5.78 Å². The van der Waals surface area contributed by atoms with Crippen LogP contribution in [0.15, 0.2) is 0 Å². The number of ketones is 1. The first kappa shape index (κ1) is 28.6. The molecule has 0 heterocycles. The van der Waals surface area contributed by atoms with E-state index in [2.05, 4.69) is 6.92 Å². The molecule has 174 valence electrons. The summed E-state index contributed by atoms with van der Waals surface area (Å²) >= 11 is 0. The summed E-state index contributed by atoms with van der Waals surface area (Å²) in [5, 5.41) is 9.66. The van der Waals surface area contributed by atoms with Crippen LogP contribution in [0.4, 0.5) is 0 Å². The van der Waals surface area contributed by atoms with Crippen molar-refractivity contribution in [3.05, 3.63) is 0 Å². The van der Waals surface area contributed by atoms with E-state index in [9.17, 15) is 9.90 Å². The van der Waals surface area contributed by atoms with Crippen LogP contribution in [0.2, 0.25) is 0 Å². The number of rotatable bonds is 24. The van der Waals surface area contributed by atoms with Crippen LogP contribution in [-0.4, -0.2) is 17.0 Å². The highest BCUT2D eigenvalue weighted by molar-refractivity contribution is 5.78. The Balaban J connectivity index is 3.12. The Hall–Kier alpha value is -0.370. The van der Waals surface area contributed by atoms with Gasteiger partial charge in [-0.1, -0.05) is 136 Å². The summed E-state index contributed by atoms with van der Waals surface area (Å²) in [6.07, 6.45) is 28.5. The van der Waals surface area contributed by atoms with Crippen LogP contribution in [0, 0.1) is 0 Å². The molecule has 1 atom stereocenters. The first-order chi connectivity index (χ1) is 14.2. The second-order valence-electron chi connectivity index (χ2n) is 9.30. The number of carbonyl (C=O) groups is 1. The predicted molar refractivity (Wildman–Crippen MR) is 129 cm³/mol. The van der Waals surface area contributed by atoms with Gasteiger partial charge < -0.3 is 5.11 Å². The maximum absolute atomic E-state index is 11.8. The first-order valence-electron chi connectivity index (χ1n) is 13.4. The van der Waals surface area contributed by atoms with E-state index in [0.717, 1.165) is 19.3 Å². The van der Waals surface area contributed by atoms with Crippen molar-refractivity contribution in [2.45, 2.75) is 168 Å². The van der Waals surface area contributed by atoms with Crippen LogP contribution in [0.25, 0.3) is 0 Å². The molecule has 0 spiro atoms. The minimum absolute atomic E-state index is 0.248. The molecule has 2 heteroatoms. The van der Waals surface area contributed by atoms with E-state index in [1.54, 1.807) is 0 Å². The summed E-state index contributed by atoms with van der Waals surface area (Å²) in [6.45, 7) is 4.34. The van der Waals surface area contributed by atoms with Gasteiger partial charge in [0.2, 0.25) is 0 Å². The van der Waals surface area contributed by atoms with E-state index in [0.29, 0.717) is 12.8 Å². The zero-order valence-electron chi connectivity index (χ0n) is 20.2.